The number of nitrogens with zero attached hydrogens (tertiary/aromatic N) is 2. The molecule has 5 nitrogen and oxygen atoms in total. The third-order valence-electron chi connectivity index (χ3n) is 4.10. The van der Waals surface area contributed by atoms with Crippen molar-refractivity contribution in [1.29, 1.82) is 0 Å². The van der Waals surface area contributed by atoms with Crippen molar-refractivity contribution in [3.8, 4) is 5.88 Å². The van der Waals surface area contributed by atoms with Crippen LogP contribution in [0.15, 0.2) is 18.3 Å². The quantitative estimate of drug-likeness (QED) is 0.903. The second-order valence-corrected chi connectivity index (χ2v) is 5.63. The maximum absolute atomic E-state index is 12.9. The van der Waals surface area contributed by atoms with Crippen LogP contribution in [0.4, 0.5) is 0 Å². The molecule has 1 aliphatic carbocycles. The fraction of sp³-hybridized carbons (Fsp3) is 0.625. The van der Waals surface area contributed by atoms with Gasteiger partial charge in [0.05, 0.1) is 7.11 Å². The van der Waals surface area contributed by atoms with Gasteiger partial charge < -0.3 is 15.4 Å². The highest BCUT2D eigenvalue weighted by Crippen LogP contribution is 2.25. The van der Waals surface area contributed by atoms with E-state index < -0.39 is 0 Å². The highest BCUT2D eigenvalue weighted by molar-refractivity contribution is 5.96. The van der Waals surface area contributed by atoms with Crippen LogP contribution in [0.5, 0.6) is 5.88 Å². The van der Waals surface area contributed by atoms with Crippen LogP contribution >= 0.6 is 0 Å². The van der Waals surface area contributed by atoms with E-state index in [-0.39, 0.29) is 18.0 Å². The molecule has 0 spiro atoms. The molecule has 0 atom stereocenters. The van der Waals surface area contributed by atoms with Gasteiger partial charge in [0.15, 0.2) is 0 Å². The molecule has 0 unspecified atom stereocenters. The van der Waals surface area contributed by atoms with Crippen LogP contribution in [0.1, 0.15) is 49.4 Å². The summed E-state index contributed by atoms with van der Waals surface area (Å²) in [5, 5.41) is 0. The summed E-state index contributed by atoms with van der Waals surface area (Å²) in [6, 6.07) is 4.12. The van der Waals surface area contributed by atoms with Crippen molar-refractivity contribution in [2.45, 2.75) is 51.1 Å². The Morgan fingerprint density at radius 3 is 2.76 bits per heavy atom. The van der Waals surface area contributed by atoms with Gasteiger partial charge in [0.1, 0.15) is 5.56 Å². The first-order valence-corrected chi connectivity index (χ1v) is 7.73. The van der Waals surface area contributed by atoms with Crippen LogP contribution in [0.2, 0.25) is 0 Å². The van der Waals surface area contributed by atoms with E-state index in [4.69, 9.17) is 10.5 Å². The van der Waals surface area contributed by atoms with E-state index in [1.165, 1.54) is 0 Å². The van der Waals surface area contributed by atoms with Crippen molar-refractivity contribution in [3.63, 3.8) is 0 Å². The van der Waals surface area contributed by atoms with Crippen molar-refractivity contribution in [3.05, 3.63) is 23.9 Å². The summed E-state index contributed by atoms with van der Waals surface area (Å²) in [6.07, 6.45) is 6.52. The average Bonchev–Trinajstić information content (AvgIpc) is 2.53. The molecule has 0 bridgehead atoms. The Bertz CT molecular complexity index is 470. The molecule has 21 heavy (non-hydrogen) atoms. The Balaban J connectivity index is 2.19. The average molecular weight is 291 g/mol. The summed E-state index contributed by atoms with van der Waals surface area (Å²) in [5.41, 5.74) is 6.52. The zero-order chi connectivity index (χ0) is 15.2. The summed E-state index contributed by atoms with van der Waals surface area (Å²) >= 11 is 0. The third-order valence-corrected chi connectivity index (χ3v) is 4.10. The molecule has 116 valence electrons. The third kappa shape index (κ3) is 3.73. The lowest BCUT2D eigenvalue weighted by atomic mass is 9.90. The standard InChI is InChI=1S/C16H25N3O2/c1-3-11-19(13-8-6-12(17)7-9-13)16(20)14-5-4-10-18-15(14)21-2/h4-5,10,12-13H,3,6-9,11,17H2,1-2H3. The van der Waals surface area contributed by atoms with E-state index in [0.717, 1.165) is 38.6 Å². The fourth-order valence-corrected chi connectivity index (χ4v) is 2.98. The zero-order valence-electron chi connectivity index (χ0n) is 12.9. The first kappa shape index (κ1) is 15.8. The summed E-state index contributed by atoms with van der Waals surface area (Å²) in [7, 11) is 1.54. The van der Waals surface area contributed by atoms with Crippen LogP contribution in [-0.2, 0) is 0 Å². The molecule has 0 aliphatic heterocycles. The number of pyridine rings is 1. The van der Waals surface area contributed by atoms with Crippen LogP contribution in [0, 0.1) is 0 Å². The first-order valence-electron chi connectivity index (χ1n) is 7.73. The topological polar surface area (TPSA) is 68.5 Å². The SMILES string of the molecule is CCCN(C(=O)c1cccnc1OC)C1CCC(N)CC1. The molecule has 5 heteroatoms. The number of methoxy groups -OCH3 is 1. The second kappa shape index (κ2) is 7.41. The molecule has 2 rings (SSSR count). The lowest BCUT2D eigenvalue weighted by Gasteiger charge is -2.36. The van der Waals surface area contributed by atoms with Gasteiger partial charge in [-0.05, 0) is 44.2 Å². The molecule has 2 N–H and O–H groups in total. The van der Waals surface area contributed by atoms with Crippen molar-refractivity contribution >= 4 is 5.91 Å². The Kier molecular flexibility index (Phi) is 5.56. The highest BCUT2D eigenvalue weighted by atomic mass is 16.5. The molecule has 0 saturated heterocycles. The van der Waals surface area contributed by atoms with Gasteiger partial charge in [-0.25, -0.2) is 4.98 Å². The Hall–Kier alpha value is -1.62. The zero-order valence-corrected chi connectivity index (χ0v) is 12.9. The minimum absolute atomic E-state index is 0.0160. The highest BCUT2D eigenvalue weighted by Gasteiger charge is 2.29. The molecule has 1 aliphatic rings. The Morgan fingerprint density at radius 1 is 1.43 bits per heavy atom. The second-order valence-electron chi connectivity index (χ2n) is 5.63. The monoisotopic (exact) mass is 291 g/mol. The minimum atomic E-state index is 0.0160. The van der Waals surface area contributed by atoms with Gasteiger partial charge in [-0.15, -0.1) is 0 Å². The number of carbonyl (C=O) groups excluding carboxylic acids is 1. The van der Waals surface area contributed by atoms with E-state index in [1.807, 2.05) is 4.90 Å². The number of ether oxygens (including phenoxy) is 1. The molecule has 1 saturated carbocycles. The number of carbonyl (C=O) groups is 1. The lowest BCUT2D eigenvalue weighted by molar-refractivity contribution is 0.0622. The molecule has 1 aromatic rings. The molecule has 1 fully saturated rings. The normalized spacial score (nSPS) is 21.9. The van der Waals surface area contributed by atoms with Crippen molar-refractivity contribution in [2.24, 2.45) is 5.73 Å². The van der Waals surface area contributed by atoms with E-state index in [2.05, 4.69) is 11.9 Å². The van der Waals surface area contributed by atoms with Gasteiger partial charge in [-0.1, -0.05) is 6.92 Å². The number of hydrogen-bond donors (Lipinski definition) is 1. The van der Waals surface area contributed by atoms with Gasteiger partial charge in [-0.3, -0.25) is 4.79 Å². The van der Waals surface area contributed by atoms with Crippen molar-refractivity contribution in [2.75, 3.05) is 13.7 Å². The van der Waals surface area contributed by atoms with E-state index >= 15 is 0 Å². The first-order chi connectivity index (χ1) is 10.2. The summed E-state index contributed by atoms with van der Waals surface area (Å²) < 4.78 is 5.22. The molecule has 1 aromatic heterocycles. The van der Waals surface area contributed by atoms with E-state index in [9.17, 15) is 4.79 Å². The molecule has 0 radical (unpaired) electrons. The molecular weight excluding hydrogens is 266 g/mol. The number of nitrogens with two attached hydrogens (primary N) is 1. The lowest BCUT2D eigenvalue weighted by Crippen LogP contribution is -2.44. The number of hydrogen-bond acceptors (Lipinski definition) is 4. The Morgan fingerprint density at radius 2 is 2.14 bits per heavy atom. The van der Waals surface area contributed by atoms with Crippen molar-refractivity contribution < 1.29 is 9.53 Å². The summed E-state index contributed by atoms with van der Waals surface area (Å²) in [4.78, 5) is 19.0. The van der Waals surface area contributed by atoms with E-state index in [0.29, 0.717) is 11.4 Å². The molecule has 1 heterocycles. The van der Waals surface area contributed by atoms with Crippen LogP contribution in [0.25, 0.3) is 0 Å². The van der Waals surface area contributed by atoms with Gasteiger partial charge in [0, 0.05) is 24.8 Å². The predicted molar refractivity (Wildman–Crippen MR) is 82.3 cm³/mol. The smallest absolute Gasteiger partial charge is 0.259 e. The van der Waals surface area contributed by atoms with Crippen molar-refractivity contribution in [1.82, 2.24) is 9.88 Å². The number of aromatic nitrogens is 1. The van der Waals surface area contributed by atoms with Gasteiger partial charge in [0.2, 0.25) is 5.88 Å². The Labute approximate surface area is 126 Å². The van der Waals surface area contributed by atoms with Crippen LogP contribution in [0.3, 0.4) is 0 Å². The van der Waals surface area contributed by atoms with Gasteiger partial charge in [0.25, 0.3) is 5.91 Å². The van der Waals surface area contributed by atoms with Gasteiger partial charge >= 0.3 is 0 Å². The van der Waals surface area contributed by atoms with Crippen LogP contribution < -0.4 is 10.5 Å². The van der Waals surface area contributed by atoms with E-state index in [1.54, 1.807) is 25.4 Å². The molecule has 0 aromatic carbocycles. The summed E-state index contributed by atoms with van der Waals surface area (Å²) in [5.74, 6) is 0.415. The molecule has 1 amide bonds. The molecular formula is C16H25N3O2. The largest absolute Gasteiger partial charge is 0.480 e. The summed E-state index contributed by atoms with van der Waals surface area (Å²) in [6.45, 7) is 2.85. The number of rotatable bonds is 5. The predicted octanol–water partition coefficient (Wildman–Crippen LogP) is 2.21. The van der Waals surface area contributed by atoms with Crippen LogP contribution in [-0.4, -0.2) is 41.5 Å². The maximum Gasteiger partial charge on any atom is 0.259 e. The maximum atomic E-state index is 12.9. The minimum Gasteiger partial charge on any atom is -0.480 e. The fourth-order valence-electron chi connectivity index (χ4n) is 2.98. The van der Waals surface area contributed by atoms with Gasteiger partial charge in [-0.2, -0.15) is 0 Å². The number of amides is 1.